The Morgan fingerprint density at radius 3 is 2.78 bits per heavy atom. The summed E-state index contributed by atoms with van der Waals surface area (Å²) >= 11 is 3.82. The molecule has 0 aliphatic carbocycles. The Hall–Kier alpha value is -2.82. The summed E-state index contributed by atoms with van der Waals surface area (Å²) in [6, 6.07) is 14.3. The first kappa shape index (κ1) is 22.4. The van der Waals surface area contributed by atoms with Gasteiger partial charge in [0.1, 0.15) is 5.82 Å². The number of aromatic nitrogens is 2. The van der Waals surface area contributed by atoms with Gasteiger partial charge in [0.05, 0.1) is 27.4 Å². The number of benzene rings is 2. The van der Waals surface area contributed by atoms with Crippen LogP contribution < -0.4 is 10.1 Å². The summed E-state index contributed by atoms with van der Waals surface area (Å²) in [7, 11) is 0. The summed E-state index contributed by atoms with van der Waals surface area (Å²) in [6.45, 7) is 2.56. The van der Waals surface area contributed by atoms with Crippen LogP contribution in [0.15, 0.2) is 58.9 Å². The molecule has 0 bridgehead atoms. The van der Waals surface area contributed by atoms with Crippen molar-refractivity contribution in [2.75, 3.05) is 16.8 Å². The van der Waals surface area contributed by atoms with Crippen molar-refractivity contribution < 1.29 is 14.0 Å². The summed E-state index contributed by atoms with van der Waals surface area (Å²) in [6.07, 6.45) is 0. The van der Waals surface area contributed by atoms with Crippen molar-refractivity contribution in [3.8, 4) is 11.3 Å². The van der Waals surface area contributed by atoms with Crippen LogP contribution in [0, 0.1) is 5.82 Å². The first-order chi connectivity index (χ1) is 15.5. The lowest BCUT2D eigenvalue weighted by Gasteiger charge is -2.01. The molecular formula is C22H19FN4O2S3. The van der Waals surface area contributed by atoms with Crippen LogP contribution in [0.25, 0.3) is 21.5 Å². The number of hydrogen-bond donors (Lipinski definition) is 1. The fourth-order valence-electron chi connectivity index (χ4n) is 3.04. The average Bonchev–Trinajstić information content (AvgIpc) is 3.37. The Bertz CT molecular complexity index is 1330. The lowest BCUT2D eigenvalue weighted by Crippen LogP contribution is -2.18. The van der Waals surface area contributed by atoms with Crippen LogP contribution in [-0.4, -0.2) is 32.9 Å². The Kier molecular flexibility index (Phi) is 7.13. The molecule has 0 radical (unpaired) electrons. The van der Waals surface area contributed by atoms with E-state index in [1.165, 1.54) is 46.6 Å². The molecule has 2 aromatic carbocycles. The standard InChI is InChI=1S/C22H19FN4O2S3/c1-2-27-17-9-8-15(23)10-18(17)32-22(27)26-20(29)13-30-12-19(28)25-21-24-16(11-31-21)14-6-4-3-5-7-14/h3-11H,2,12-13H2,1H3,(H,24,25,28). The van der Waals surface area contributed by atoms with E-state index in [2.05, 4.69) is 15.3 Å². The Labute approximate surface area is 195 Å². The summed E-state index contributed by atoms with van der Waals surface area (Å²) < 4.78 is 16.1. The van der Waals surface area contributed by atoms with Gasteiger partial charge in [0.25, 0.3) is 5.91 Å². The van der Waals surface area contributed by atoms with Gasteiger partial charge >= 0.3 is 0 Å². The first-order valence-electron chi connectivity index (χ1n) is 9.78. The third-order valence-corrected chi connectivity index (χ3v) is 7.18. The van der Waals surface area contributed by atoms with Gasteiger partial charge in [-0.1, -0.05) is 41.7 Å². The summed E-state index contributed by atoms with van der Waals surface area (Å²) in [4.78, 5) is 33.6. The van der Waals surface area contributed by atoms with E-state index >= 15 is 0 Å². The number of rotatable bonds is 7. The van der Waals surface area contributed by atoms with E-state index in [1.807, 2.05) is 47.2 Å². The molecule has 4 aromatic rings. The molecule has 32 heavy (non-hydrogen) atoms. The van der Waals surface area contributed by atoms with Crippen LogP contribution in [-0.2, 0) is 16.1 Å². The van der Waals surface area contributed by atoms with Crippen LogP contribution in [0.3, 0.4) is 0 Å². The second-order valence-electron chi connectivity index (χ2n) is 6.69. The fraction of sp³-hybridized carbons (Fsp3) is 0.182. The number of carbonyl (C=O) groups excluding carboxylic acids is 2. The van der Waals surface area contributed by atoms with Gasteiger partial charge in [-0.3, -0.25) is 9.59 Å². The van der Waals surface area contributed by atoms with Gasteiger partial charge in [0.2, 0.25) is 5.91 Å². The quantitative estimate of drug-likeness (QED) is 0.408. The Morgan fingerprint density at radius 2 is 2.00 bits per heavy atom. The summed E-state index contributed by atoms with van der Waals surface area (Å²) in [5.41, 5.74) is 2.63. The second kappa shape index (κ2) is 10.2. The maximum Gasteiger partial charge on any atom is 0.258 e. The minimum absolute atomic E-state index is 0.0763. The average molecular weight is 487 g/mol. The smallest absolute Gasteiger partial charge is 0.258 e. The lowest BCUT2D eigenvalue weighted by atomic mass is 10.2. The van der Waals surface area contributed by atoms with Gasteiger partial charge in [-0.2, -0.15) is 4.99 Å². The molecule has 0 saturated carbocycles. The zero-order chi connectivity index (χ0) is 22.5. The minimum atomic E-state index is -0.336. The van der Waals surface area contributed by atoms with E-state index in [0.717, 1.165) is 21.5 Å². The third kappa shape index (κ3) is 5.32. The van der Waals surface area contributed by atoms with E-state index in [9.17, 15) is 14.0 Å². The van der Waals surface area contributed by atoms with Crippen molar-refractivity contribution in [3.05, 3.63) is 64.5 Å². The van der Waals surface area contributed by atoms with Crippen molar-refractivity contribution in [2.45, 2.75) is 13.5 Å². The molecule has 6 nitrogen and oxygen atoms in total. The van der Waals surface area contributed by atoms with Gasteiger partial charge in [-0.15, -0.1) is 23.1 Å². The Morgan fingerprint density at radius 1 is 1.19 bits per heavy atom. The number of nitrogens with one attached hydrogen (secondary N) is 1. The van der Waals surface area contributed by atoms with Crippen molar-refractivity contribution >= 4 is 61.6 Å². The van der Waals surface area contributed by atoms with E-state index in [0.29, 0.717) is 16.5 Å². The van der Waals surface area contributed by atoms with E-state index in [1.54, 1.807) is 6.07 Å². The van der Waals surface area contributed by atoms with Gasteiger partial charge < -0.3 is 9.88 Å². The van der Waals surface area contributed by atoms with Crippen LogP contribution in [0.4, 0.5) is 9.52 Å². The van der Waals surface area contributed by atoms with Crippen LogP contribution in [0.5, 0.6) is 0 Å². The molecular weight excluding hydrogens is 467 g/mol. The predicted octanol–water partition coefficient (Wildman–Crippen LogP) is 4.78. The third-order valence-electron chi connectivity index (χ3n) is 4.46. The molecule has 2 aromatic heterocycles. The maximum absolute atomic E-state index is 13.5. The number of fused-ring (bicyclic) bond motifs is 1. The summed E-state index contributed by atoms with van der Waals surface area (Å²) in [5.74, 6) is -0.687. The predicted molar refractivity (Wildman–Crippen MR) is 130 cm³/mol. The highest BCUT2D eigenvalue weighted by molar-refractivity contribution is 8.00. The van der Waals surface area contributed by atoms with Crippen LogP contribution >= 0.6 is 34.4 Å². The summed E-state index contributed by atoms with van der Waals surface area (Å²) in [5, 5.41) is 5.17. The molecule has 4 rings (SSSR count). The number of nitrogens with zero attached hydrogens (tertiary/aromatic N) is 3. The van der Waals surface area contributed by atoms with E-state index in [4.69, 9.17) is 0 Å². The van der Waals surface area contributed by atoms with Crippen molar-refractivity contribution in [3.63, 3.8) is 0 Å². The fourth-order valence-corrected chi connectivity index (χ4v) is 5.51. The number of anilines is 1. The van der Waals surface area contributed by atoms with Gasteiger partial charge in [0.15, 0.2) is 9.93 Å². The number of aryl methyl sites for hydroxylation is 1. The molecule has 0 unspecified atom stereocenters. The molecule has 164 valence electrons. The van der Waals surface area contributed by atoms with E-state index in [-0.39, 0.29) is 29.1 Å². The largest absolute Gasteiger partial charge is 0.317 e. The van der Waals surface area contributed by atoms with Crippen LogP contribution in [0.1, 0.15) is 6.92 Å². The molecule has 0 atom stereocenters. The highest BCUT2D eigenvalue weighted by atomic mass is 32.2. The monoisotopic (exact) mass is 486 g/mol. The molecule has 0 aliphatic rings. The topological polar surface area (TPSA) is 76.3 Å². The van der Waals surface area contributed by atoms with Crippen LogP contribution in [0.2, 0.25) is 0 Å². The normalized spacial score (nSPS) is 11.8. The van der Waals surface area contributed by atoms with Crippen molar-refractivity contribution in [1.82, 2.24) is 9.55 Å². The minimum Gasteiger partial charge on any atom is -0.317 e. The molecule has 0 spiro atoms. The number of thiazole rings is 2. The molecule has 10 heteroatoms. The molecule has 0 aliphatic heterocycles. The first-order valence-corrected chi connectivity index (χ1v) is 12.6. The number of amides is 2. The zero-order valence-electron chi connectivity index (χ0n) is 17.1. The number of thioether (sulfide) groups is 1. The van der Waals surface area contributed by atoms with Crippen molar-refractivity contribution in [2.24, 2.45) is 4.99 Å². The Balaban J connectivity index is 1.33. The molecule has 0 fully saturated rings. The SMILES string of the molecule is CCn1c(=NC(=O)CSCC(=O)Nc2nc(-c3ccccc3)cs2)sc2cc(F)ccc21. The molecule has 0 saturated heterocycles. The molecule has 2 amide bonds. The van der Waals surface area contributed by atoms with Crippen molar-refractivity contribution in [1.29, 1.82) is 0 Å². The lowest BCUT2D eigenvalue weighted by molar-refractivity contribution is -0.115. The van der Waals surface area contributed by atoms with Gasteiger partial charge in [-0.05, 0) is 25.1 Å². The zero-order valence-corrected chi connectivity index (χ0v) is 19.5. The maximum atomic E-state index is 13.5. The highest BCUT2D eigenvalue weighted by Gasteiger charge is 2.11. The highest BCUT2D eigenvalue weighted by Crippen LogP contribution is 2.24. The van der Waals surface area contributed by atoms with Gasteiger partial charge in [0, 0.05) is 17.5 Å². The number of halogens is 1. The van der Waals surface area contributed by atoms with Gasteiger partial charge in [-0.25, -0.2) is 9.37 Å². The molecule has 2 heterocycles. The number of carbonyl (C=O) groups is 2. The molecule has 1 N–H and O–H groups in total. The number of hydrogen-bond acceptors (Lipinski definition) is 6. The van der Waals surface area contributed by atoms with E-state index < -0.39 is 0 Å². The second-order valence-corrected chi connectivity index (χ2v) is 9.54.